The summed E-state index contributed by atoms with van der Waals surface area (Å²) in [7, 11) is 0. The van der Waals surface area contributed by atoms with Crippen molar-refractivity contribution in [1.29, 1.82) is 0 Å². The first-order valence-corrected chi connectivity index (χ1v) is 10.8. The lowest BCUT2D eigenvalue weighted by Gasteiger charge is -2.33. The summed E-state index contributed by atoms with van der Waals surface area (Å²) in [6.45, 7) is 1.25. The van der Waals surface area contributed by atoms with E-state index in [1.165, 1.54) is 0 Å². The van der Waals surface area contributed by atoms with Gasteiger partial charge in [-0.15, -0.1) is 0 Å². The Balaban J connectivity index is 1.18. The fourth-order valence-electron chi connectivity index (χ4n) is 4.24. The second kappa shape index (κ2) is 8.38. The van der Waals surface area contributed by atoms with Crippen molar-refractivity contribution >= 4 is 22.8 Å². The summed E-state index contributed by atoms with van der Waals surface area (Å²) >= 11 is 0. The Bertz CT molecular complexity index is 1100. The summed E-state index contributed by atoms with van der Waals surface area (Å²) in [6.07, 6.45) is 3.73. The van der Waals surface area contributed by atoms with Crippen LogP contribution in [-0.2, 0) is 14.3 Å². The van der Waals surface area contributed by atoms with Crippen molar-refractivity contribution in [2.75, 3.05) is 13.1 Å². The first-order valence-electron chi connectivity index (χ1n) is 10.8. The molecule has 1 atom stereocenters. The molecule has 6 heteroatoms. The first-order chi connectivity index (χ1) is 15.2. The Labute approximate surface area is 180 Å². The molecule has 31 heavy (non-hydrogen) atoms. The minimum absolute atomic E-state index is 0.0716. The van der Waals surface area contributed by atoms with Gasteiger partial charge in [-0.05, 0) is 29.8 Å². The molecule has 0 aliphatic carbocycles. The van der Waals surface area contributed by atoms with E-state index in [1.54, 1.807) is 4.90 Å². The lowest BCUT2D eigenvalue weighted by Crippen LogP contribution is -2.46. The van der Waals surface area contributed by atoms with Crippen molar-refractivity contribution in [2.24, 2.45) is 0 Å². The highest BCUT2D eigenvalue weighted by Crippen LogP contribution is 2.27. The number of aromatic nitrogens is 1. The number of carbonyl (C=O) groups excluding carboxylic acids is 2. The highest BCUT2D eigenvalue weighted by Gasteiger charge is 2.34. The van der Waals surface area contributed by atoms with Gasteiger partial charge in [-0.2, -0.15) is 0 Å². The van der Waals surface area contributed by atoms with Crippen LogP contribution in [0.5, 0.6) is 5.75 Å². The average molecular weight is 416 g/mol. The number of rotatable bonds is 4. The van der Waals surface area contributed by atoms with E-state index < -0.39 is 6.10 Å². The van der Waals surface area contributed by atoms with Gasteiger partial charge in [-0.3, -0.25) is 14.6 Å². The van der Waals surface area contributed by atoms with Crippen LogP contribution in [0.1, 0.15) is 25.7 Å². The van der Waals surface area contributed by atoms with Crippen molar-refractivity contribution < 1.29 is 19.1 Å². The van der Waals surface area contributed by atoms with Crippen LogP contribution in [-0.4, -0.2) is 47.1 Å². The van der Waals surface area contributed by atoms with Gasteiger partial charge in [0.1, 0.15) is 11.9 Å². The van der Waals surface area contributed by atoms with Gasteiger partial charge < -0.3 is 14.4 Å². The van der Waals surface area contributed by atoms with Gasteiger partial charge in [0.2, 0.25) is 0 Å². The molecule has 2 aliphatic rings. The minimum Gasteiger partial charge on any atom is -0.490 e. The molecule has 0 spiro atoms. The number of nitrogens with zero attached hydrogens (tertiary/aromatic N) is 2. The monoisotopic (exact) mass is 416 g/mol. The van der Waals surface area contributed by atoms with Gasteiger partial charge in [0, 0.05) is 55.9 Å². The van der Waals surface area contributed by atoms with Crippen molar-refractivity contribution in [1.82, 2.24) is 9.88 Å². The lowest BCUT2D eigenvalue weighted by molar-refractivity contribution is -0.153. The number of para-hydroxylation sites is 1. The zero-order valence-corrected chi connectivity index (χ0v) is 17.2. The molecule has 6 nitrogen and oxygen atoms in total. The molecule has 3 aromatic rings. The Kier molecular flexibility index (Phi) is 5.28. The fourth-order valence-corrected chi connectivity index (χ4v) is 4.24. The van der Waals surface area contributed by atoms with E-state index in [-0.39, 0.29) is 18.0 Å². The summed E-state index contributed by atoms with van der Waals surface area (Å²) in [5, 5.41) is 1.12. The quantitative estimate of drug-likeness (QED) is 0.602. The van der Waals surface area contributed by atoms with Gasteiger partial charge in [0.15, 0.2) is 6.10 Å². The van der Waals surface area contributed by atoms with Crippen LogP contribution in [0.25, 0.3) is 22.0 Å². The van der Waals surface area contributed by atoms with E-state index in [9.17, 15) is 9.59 Å². The fraction of sp³-hybridized carbons (Fsp3) is 0.320. The number of esters is 1. The van der Waals surface area contributed by atoms with E-state index in [1.807, 2.05) is 48.7 Å². The van der Waals surface area contributed by atoms with Crippen molar-refractivity contribution in [2.45, 2.75) is 37.9 Å². The van der Waals surface area contributed by atoms with Crippen LogP contribution < -0.4 is 4.74 Å². The topological polar surface area (TPSA) is 68.7 Å². The first kappa shape index (κ1) is 19.5. The Morgan fingerprint density at radius 2 is 1.77 bits per heavy atom. The number of carbonyl (C=O) groups is 2. The number of ether oxygens (including phenoxy) is 2. The highest BCUT2D eigenvalue weighted by molar-refractivity contribution is 5.86. The lowest BCUT2D eigenvalue weighted by atomic mass is 10.0. The number of amides is 1. The standard InChI is InChI=1S/C25H24N2O4/c28-24-10-9-23(31-24)25(29)27-13-11-21(12-14-27)30-20-7-5-17(6-8-20)19-15-18-3-1-2-4-22(18)26-16-19/h1-8,15-16,21,23H,9-14H2/t23-/m1/s1. The predicted molar refractivity (Wildman–Crippen MR) is 117 cm³/mol. The molecular formula is C25H24N2O4. The number of fused-ring (bicyclic) bond motifs is 1. The van der Waals surface area contributed by atoms with E-state index in [0.717, 1.165) is 40.6 Å². The van der Waals surface area contributed by atoms with E-state index >= 15 is 0 Å². The van der Waals surface area contributed by atoms with Gasteiger partial charge in [-0.1, -0.05) is 30.3 Å². The number of benzene rings is 2. The summed E-state index contributed by atoms with van der Waals surface area (Å²) in [4.78, 5) is 30.0. The predicted octanol–water partition coefficient (Wildman–Crippen LogP) is 3.98. The van der Waals surface area contributed by atoms with Crippen LogP contribution >= 0.6 is 0 Å². The molecule has 1 amide bonds. The normalized spacial score (nSPS) is 19.4. The summed E-state index contributed by atoms with van der Waals surface area (Å²) in [6, 6.07) is 18.3. The summed E-state index contributed by atoms with van der Waals surface area (Å²) < 4.78 is 11.3. The van der Waals surface area contributed by atoms with Gasteiger partial charge in [-0.25, -0.2) is 0 Å². The molecule has 3 heterocycles. The maximum atomic E-state index is 12.5. The third kappa shape index (κ3) is 4.24. The van der Waals surface area contributed by atoms with Gasteiger partial charge >= 0.3 is 5.97 Å². The SMILES string of the molecule is O=C1CC[C@H](C(=O)N2CCC(Oc3ccc(-c4cnc5ccccc5c4)cc3)CC2)O1. The maximum absolute atomic E-state index is 12.5. The van der Waals surface area contributed by atoms with Crippen molar-refractivity contribution in [3.05, 3.63) is 60.8 Å². The summed E-state index contributed by atoms with van der Waals surface area (Å²) in [5.41, 5.74) is 3.16. The van der Waals surface area contributed by atoms with E-state index in [2.05, 4.69) is 17.1 Å². The molecule has 0 N–H and O–H groups in total. The molecule has 0 saturated carbocycles. The Morgan fingerprint density at radius 3 is 2.52 bits per heavy atom. The van der Waals surface area contributed by atoms with Crippen LogP contribution in [0.15, 0.2) is 60.8 Å². The van der Waals surface area contributed by atoms with Crippen LogP contribution in [0, 0.1) is 0 Å². The zero-order valence-electron chi connectivity index (χ0n) is 17.2. The largest absolute Gasteiger partial charge is 0.490 e. The second-order valence-electron chi connectivity index (χ2n) is 8.10. The average Bonchev–Trinajstić information content (AvgIpc) is 3.25. The Hall–Kier alpha value is -3.41. The molecule has 2 saturated heterocycles. The molecule has 158 valence electrons. The molecule has 0 bridgehead atoms. The Morgan fingerprint density at radius 1 is 1.00 bits per heavy atom. The summed E-state index contributed by atoms with van der Waals surface area (Å²) in [5.74, 6) is 0.476. The molecule has 1 aromatic heterocycles. The van der Waals surface area contributed by atoms with Crippen molar-refractivity contribution in [3.63, 3.8) is 0 Å². The number of pyridine rings is 1. The van der Waals surface area contributed by atoms with Crippen LogP contribution in [0.4, 0.5) is 0 Å². The van der Waals surface area contributed by atoms with Gasteiger partial charge in [0.05, 0.1) is 5.52 Å². The van der Waals surface area contributed by atoms with E-state index in [0.29, 0.717) is 25.9 Å². The molecule has 0 radical (unpaired) electrons. The number of hydrogen-bond acceptors (Lipinski definition) is 5. The number of hydrogen-bond donors (Lipinski definition) is 0. The number of cyclic esters (lactones) is 1. The molecule has 2 fully saturated rings. The van der Waals surface area contributed by atoms with Gasteiger partial charge in [0.25, 0.3) is 5.91 Å². The van der Waals surface area contributed by atoms with E-state index in [4.69, 9.17) is 9.47 Å². The third-order valence-electron chi connectivity index (χ3n) is 5.99. The maximum Gasteiger partial charge on any atom is 0.306 e. The molecule has 2 aromatic carbocycles. The molecule has 2 aliphatic heterocycles. The zero-order chi connectivity index (χ0) is 21.2. The number of likely N-dealkylation sites (tertiary alicyclic amines) is 1. The van der Waals surface area contributed by atoms with Crippen LogP contribution in [0.3, 0.4) is 0 Å². The third-order valence-corrected chi connectivity index (χ3v) is 5.99. The molecule has 5 rings (SSSR count). The highest BCUT2D eigenvalue weighted by atomic mass is 16.6. The minimum atomic E-state index is -0.595. The molecule has 0 unspecified atom stereocenters. The smallest absolute Gasteiger partial charge is 0.306 e. The van der Waals surface area contributed by atoms with Crippen LogP contribution in [0.2, 0.25) is 0 Å². The molecular weight excluding hydrogens is 392 g/mol. The second-order valence-corrected chi connectivity index (χ2v) is 8.10. The number of piperidine rings is 1. The van der Waals surface area contributed by atoms with Crippen molar-refractivity contribution in [3.8, 4) is 16.9 Å².